The number of benzene rings is 5. The maximum atomic E-state index is 2.53. The van der Waals surface area contributed by atoms with Crippen molar-refractivity contribution in [1.29, 1.82) is 0 Å². The van der Waals surface area contributed by atoms with Gasteiger partial charge in [-0.15, -0.1) is 0 Å². The van der Waals surface area contributed by atoms with Crippen LogP contribution in [-0.4, -0.2) is 0 Å². The Morgan fingerprint density at radius 2 is 0.926 bits per heavy atom. The van der Waals surface area contributed by atoms with Gasteiger partial charge in [-0.2, -0.15) is 0 Å². The van der Waals surface area contributed by atoms with Crippen LogP contribution >= 0.6 is 0 Å². The van der Waals surface area contributed by atoms with E-state index in [2.05, 4.69) is 128 Å². The lowest BCUT2D eigenvalue weighted by molar-refractivity contribution is 0.145. The van der Waals surface area contributed by atoms with Crippen LogP contribution in [0.3, 0.4) is 0 Å². The SMILES string of the molecule is CC1(C)c2cc(-c3ccc(C4CCCCC4)cc3)ccc2-c2ccc(N(c3ccc(C4CCCCC4)cc3)c3ccc(C4CC5CCC4CC5)cc3)cc21. The minimum absolute atomic E-state index is 0.0978. The van der Waals surface area contributed by atoms with E-state index in [1.807, 2.05) is 0 Å². The van der Waals surface area contributed by atoms with E-state index in [1.54, 1.807) is 5.56 Å². The second-order valence-corrected chi connectivity index (χ2v) is 18.5. The molecule has 2 bridgehead atoms. The van der Waals surface area contributed by atoms with Crippen molar-refractivity contribution >= 4 is 17.1 Å². The lowest BCUT2D eigenvalue weighted by Gasteiger charge is -2.42. The smallest absolute Gasteiger partial charge is 0.0465 e. The fourth-order valence-corrected chi connectivity index (χ4v) is 11.9. The van der Waals surface area contributed by atoms with Crippen molar-refractivity contribution in [2.24, 2.45) is 11.8 Å². The minimum Gasteiger partial charge on any atom is -0.310 e. The number of nitrogens with zero attached hydrogens (tertiary/aromatic N) is 1. The maximum Gasteiger partial charge on any atom is 0.0465 e. The van der Waals surface area contributed by atoms with Gasteiger partial charge >= 0.3 is 0 Å². The van der Waals surface area contributed by atoms with Crippen LogP contribution in [-0.2, 0) is 5.41 Å². The second-order valence-electron chi connectivity index (χ2n) is 18.5. The Morgan fingerprint density at radius 1 is 0.444 bits per heavy atom. The molecule has 1 unspecified atom stereocenters. The fourth-order valence-electron chi connectivity index (χ4n) is 11.9. The standard InChI is InChI=1S/C53H59N/c1-53(2)51-34-44(41-19-17-39(18-20-41)37-9-5-3-6-10-37)25-31-48(51)49-32-30-47(35-52(49)53)54(45-26-21-40(22-27-45)38-11-7-4-8-12-38)46-28-23-43(24-29-46)50-33-36-13-15-42(50)16-14-36/h17-32,34-38,42,50H,3-16,33H2,1-2H3. The van der Waals surface area contributed by atoms with Crippen molar-refractivity contribution in [2.45, 2.75) is 133 Å². The Bertz CT molecular complexity index is 2080. The molecule has 5 aromatic carbocycles. The van der Waals surface area contributed by atoms with Crippen LogP contribution in [0.1, 0.15) is 156 Å². The van der Waals surface area contributed by atoms with Gasteiger partial charge in [0.15, 0.2) is 0 Å². The second kappa shape index (κ2) is 14.2. The Hall–Kier alpha value is -4.10. The van der Waals surface area contributed by atoms with Crippen molar-refractivity contribution in [1.82, 2.24) is 0 Å². The van der Waals surface area contributed by atoms with Gasteiger partial charge in [0.05, 0.1) is 0 Å². The van der Waals surface area contributed by atoms with E-state index in [0.717, 1.165) is 23.7 Å². The Balaban J connectivity index is 0.981. The average molecular weight is 710 g/mol. The molecule has 0 aliphatic heterocycles. The van der Waals surface area contributed by atoms with Gasteiger partial charge in [-0.05, 0) is 167 Å². The third-order valence-electron chi connectivity index (χ3n) is 15.1. The third-order valence-corrected chi connectivity index (χ3v) is 15.1. The van der Waals surface area contributed by atoms with Gasteiger partial charge in [0, 0.05) is 22.5 Å². The summed E-state index contributed by atoms with van der Waals surface area (Å²) in [6.07, 6.45) is 20.8. The monoisotopic (exact) mass is 709 g/mol. The van der Waals surface area contributed by atoms with Crippen molar-refractivity contribution in [2.75, 3.05) is 4.90 Å². The van der Waals surface area contributed by atoms with Gasteiger partial charge in [-0.3, -0.25) is 0 Å². The van der Waals surface area contributed by atoms with E-state index in [4.69, 9.17) is 0 Å². The summed E-state index contributed by atoms with van der Waals surface area (Å²) in [5.74, 6) is 4.03. The molecule has 5 fully saturated rings. The first kappa shape index (κ1) is 34.4. The molecule has 0 spiro atoms. The van der Waals surface area contributed by atoms with Crippen LogP contribution in [0.4, 0.5) is 17.1 Å². The molecule has 6 aliphatic rings. The lowest BCUT2D eigenvalue weighted by atomic mass is 9.63. The first-order chi connectivity index (χ1) is 26.5. The molecule has 5 aromatic rings. The van der Waals surface area contributed by atoms with Crippen LogP contribution in [0, 0.1) is 11.8 Å². The maximum absolute atomic E-state index is 2.53. The van der Waals surface area contributed by atoms with Crippen molar-refractivity contribution in [3.63, 3.8) is 0 Å². The number of anilines is 3. The Kier molecular flexibility index (Phi) is 9.04. The molecule has 1 atom stereocenters. The van der Waals surface area contributed by atoms with Crippen LogP contribution in [0.2, 0.25) is 0 Å². The molecular weight excluding hydrogens is 651 g/mol. The van der Waals surface area contributed by atoms with E-state index in [-0.39, 0.29) is 5.41 Å². The van der Waals surface area contributed by atoms with E-state index < -0.39 is 0 Å². The van der Waals surface area contributed by atoms with E-state index in [1.165, 1.54) is 158 Å². The highest BCUT2D eigenvalue weighted by atomic mass is 15.1. The molecule has 5 saturated carbocycles. The van der Waals surface area contributed by atoms with Gasteiger partial charge in [0.25, 0.3) is 0 Å². The zero-order valence-corrected chi connectivity index (χ0v) is 32.8. The fraction of sp³-hybridized carbons (Fsp3) is 0.434. The summed E-state index contributed by atoms with van der Waals surface area (Å²) < 4.78 is 0. The summed E-state index contributed by atoms with van der Waals surface area (Å²) in [5.41, 5.74) is 16.6. The highest BCUT2D eigenvalue weighted by Gasteiger charge is 2.38. The number of fused-ring (bicyclic) bond motifs is 6. The third kappa shape index (κ3) is 6.24. The molecule has 0 heterocycles. The van der Waals surface area contributed by atoms with E-state index in [0.29, 0.717) is 5.92 Å². The van der Waals surface area contributed by atoms with Gasteiger partial charge in [-0.25, -0.2) is 0 Å². The van der Waals surface area contributed by atoms with Crippen molar-refractivity contribution in [3.05, 3.63) is 137 Å². The van der Waals surface area contributed by atoms with Gasteiger partial charge in [0.2, 0.25) is 0 Å². The summed E-state index contributed by atoms with van der Waals surface area (Å²) in [6.45, 7) is 4.88. The normalized spacial score (nSPS) is 23.6. The van der Waals surface area contributed by atoms with Crippen molar-refractivity contribution in [3.8, 4) is 22.3 Å². The predicted molar refractivity (Wildman–Crippen MR) is 229 cm³/mol. The molecule has 54 heavy (non-hydrogen) atoms. The number of hydrogen-bond acceptors (Lipinski definition) is 1. The summed E-state index contributed by atoms with van der Waals surface area (Å²) in [5, 5.41) is 0. The van der Waals surface area contributed by atoms with Crippen LogP contribution in [0.5, 0.6) is 0 Å². The predicted octanol–water partition coefficient (Wildman–Crippen LogP) is 15.5. The molecule has 0 radical (unpaired) electrons. The van der Waals surface area contributed by atoms with Gasteiger partial charge in [0.1, 0.15) is 0 Å². The first-order valence-corrected chi connectivity index (χ1v) is 21.9. The molecule has 1 nitrogen and oxygen atoms in total. The topological polar surface area (TPSA) is 3.24 Å². The van der Waals surface area contributed by atoms with Crippen LogP contribution in [0.25, 0.3) is 22.3 Å². The summed E-state index contributed by atoms with van der Waals surface area (Å²) >= 11 is 0. The molecule has 276 valence electrons. The zero-order chi connectivity index (χ0) is 36.2. The number of rotatable bonds is 7. The molecule has 11 rings (SSSR count). The van der Waals surface area contributed by atoms with E-state index >= 15 is 0 Å². The largest absolute Gasteiger partial charge is 0.310 e. The van der Waals surface area contributed by atoms with Gasteiger partial charge in [-0.1, -0.05) is 132 Å². The molecule has 0 aromatic heterocycles. The lowest BCUT2D eigenvalue weighted by Crippen LogP contribution is -2.29. The minimum atomic E-state index is -0.0978. The average Bonchev–Trinajstić information content (AvgIpc) is 3.47. The van der Waals surface area contributed by atoms with Gasteiger partial charge < -0.3 is 4.90 Å². The van der Waals surface area contributed by atoms with Crippen LogP contribution < -0.4 is 4.90 Å². The van der Waals surface area contributed by atoms with Crippen molar-refractivity contribution < 1.29 is 0 Å². The molecule has 6 aliphatic carbocycles. The van der Waals surface area contributed by atoms with E-state index in [9.17, 15) is 0 Å². The summed E-state index contributed by atoms with van der Waals surface area (Å²) in [7, 11) is 0. The molecule has 0 amide bonds. The molecule has 1 heteroatoms. The Morgan fingerprint density at radius 3 is 1.48 bits per heavy atom. The number of hydrogen-bond donors (Lipinski definition) is 0. The first-order valence-electron chi connectivity index (χ1n) is 21.9. The summed E-state index contributed by atoms with van der Waals surface area (Å²) in [6, 6.07) is 43.6. The highest BCUT2D eigenvalue weighted by Crippen LogP contribution is 2.53. The quantitative estimate of drug-likeness (QED) is 0.163. The Labute approximate surface area is 325 Å². The molecule has 0 N–H and O–H groups in total. The zero-order valence-electron chi connectivity index (χ0n) is 32.8. The summed E-state index contributed by atoms with van der Waals surface area (Å²) in [4.78, 5) is 2.53. The van der Waals surface area contributed by atoms with Crippen LogP contribution in [0.15, 0.2) is 109 Å². The molecular formula is C53H59N. The molecule has 0 saturated heterocycles. The highest BCUT2D eigenvalue weighted by molar-refractivity contribution is 5.87.